The molecule has 0 aliphatic carbocycles. The second-order valence-corrected chi connectivity index (χ2v) is 8.02. The molecule has 2 aromatic rings. The summed E-state index contributed by atoms with van der Waals surface area (Å²) in [6, 6.07) is 3.97. The number of aromatic nitrogens is 1. The maximum Gasteiger partial charge on any atom is 0.256 e. The number of amides is 2. The first kappa shape index (κ1) is 20.8. The van der Waals surface area contributed by atoms with Gasteiger partial charge in [-0.2, -0.15) is 0 Å². The average molecular weight is 417 g/mol. The van der Waals surface area contributed by atoms with Crippen molar-refractivity contribution < 1.29 is 14.3 Å². The number of rotatable bonds is 5. The van der Waals surface area contributed by atoms with E-state index in [0.29, 0.717) is 24.8 Å². The largest absolute Gasteiger partial charge is 0.366 e. The van der Waals surface area contributed by atoms with Crippen LogP contribution >= 0.6 is 35.1 Å². The summed E-state index contributed by atoms with van der Waals surface area (Å²) in [4.78, 5) is 30.9. The molecule has 1 atom stereocenters. The van der Waals surface area contributed by atoms with Crippen LogP contribution in [-0.2, 0) is 20.9 Å². The molecule has 1 aliphatic heterocycles. The highest BCUT2D eigenvalue weighted by atomic mass is 35.5. The molecule has 1 saturated heterocycles. The highest BCUT2D eigenvalue weighted by Gasteiger charge is 2.23. The van der Waals surface area contributed by atoms with Crippen molar-refractivity contribution in [3.05, 3.63) is 21.9 Å². The predicted molar refractivity (Wildman–Crippen MR) is 106 cm³/mol. The zero-order valence-corrected chi connectivity index (χ0v) is 16.9. The lowest BCUT2D eigenvalue weighted by Crippen LogP contribution is -2.45. The number of thiophene rings is 1. The summed E-state index contributed by atoms with van der Waals surface area (Å²) in [5.74, 6) is -0.228. The van der Waals surface area contributed by atoms with Gasteiger partial charge in [-0.3, -0.25) is 14.9 Å². The molecule has 2 aromatic heterocycles. The van der Waals surface area contributed by atoms with Gasteiger partial charge in [0, 0.05) is 29.8 Å². The Balaban J connectivity index is 0.00000243. The number of thiazole rings is 1. The molecule has 0 spiro atoms. The normalized spacial score (nSPS) is 16.6. The summed E-state index contributed by atoms with van der Waals surface area (Å²) in [5.41, 5.74) is 0.863. The number of nitrogens with one attached hydrogen (secondary N) is 3. The number of hydrogen-bond donors (Lipinski definition) is 3. The van der Waals surface area contributed by atoms with Crippen molar-refractivity contribution >= 4 is 52.0 Å². The second kappa shape index (κ2) is 9.43. The summed E-state index contributed by atoms with van der Waals surface area (Å²) in [6.07, 6.45) is -0.479. The van der Waals surface area contributed by atoms with E-state index in [4.69, 9.17) is 4.74 Å². The van der Waals surface area contributed by atoms with Gasteiger partial charge in [0.1, 0.15) is 6.10 Å². The van der Waals surface area contributed by atoms with Crippen molar-refractivity contribution in [2.24, 2.45) is 0 Å². The lowest BCUT2D eigenvalue weighted by Gasteiger charge is -2.22. The number of morpholine rings is 1. The Kier molecular flexibility index (Phi) is 7.54. The molecule has 10 heteroatoms. The van der Waals surface area contributed by atoms with Gasteiger partial charge in [0.15, 0.2) is 5.13 Å². The van der Waals surface area contributed by atoms with Crippen LogP contribution in [0.4, 0.5) is 5.13 Å². The standard InChI is InChI=1S/C16H20N4O3S2.ClH/c1-9-14(13-4-3-11(25-13)7-18-10(2)21)19-16(24-9)20-15(22)12-8-17-5-6-23-12;/h3-4,12,17H,5-8H2,1-2H3,(H,18,21)(H,19,20,22);1H/t12-;/m1./s1. The van der Waals surface area contributed by atoms with Gasteiger partial charge in [0.25, 0.3) is 5.91 Å². The number of carbonyl (C=O) groups is 2. The smallest absolute Gasteiger partial charge is 0.256 e. The van der Waals surface area contributed by atoms with Gasteiger partial charge in [-0.15, -0.1) is 35.1 Å². The van der Waals surface area contributed by atoms with E-state index in [1.54, 1.807) is 11.3 Å². The van der Waals surface area contributed by atoms with Gasteiger partial charge >= 0.3 is 0 Å². The molecule has 3 N–H and O–H groups in total. The summed E-state index contributed by atoms with van der Waals surface area (Å²) < 4.78 is 5.45. The van der Waals surface area contributed by atoms with Crippen LogP contribution in [0.15, 0.2) is 12.1 Å². The van der Waals surface area contributed by atoms with Crippen molar-refractivity contribution in [1.29, 1.82) is 0 Å². The zero-order valence-electron chi connectivity index (χ0n) is 14.5. The van der Waals surface area contributed by atoms with Gasteiger partial charge in [-0.25, -0.2) is 4.98 Å². The molecule has 0 bridgehead atoms. The second-order valence-electron chi connectivity index (χ2n) is 5.65. The van der Waals surface area contributed by atoms with E-state index in [0.717, 1.165) is 26.9 Å². The lowest BCUT2D eigenvalue weighted by atomic mass is 10.3. The SMILES string of the molecule is CC(=O)NCc1ccc(-c2nc(NC(=O)[C@H]3CNCCO3)sc2C)s1.Cl. The van der Waals surface area contributed by atoms with E-state index >= 15 is 0 Å². The topological polar surface area (TPSA) is 92.4 Å². The van der Waals surface area contributed by atoms with Gasteiger partial charge < -0.3 is 15.4 Å². The molecular weight excluding hydrogens is 396 g/mol. The Bertz CT molecular complexity index is 771. The molecule has 3 heterocycles. The third-order valence-electron chi connectivity index (χ3n) is 3.65. The van der Waals surface area contributed by atoms with Gasteiger partial charge in [-0.05, 0) is 19.1 Å². The summed E-state index contributed by atoms with van der Waals surface area (Å²) in [5, 5.41) is 9.33. The van der Waals surface area contributed by atoms with Crippen LogP contribution in [0.25, 0.3) is 10.6 Å². The van der Waals surface area contributed by atoms with E-state index < -0.39 is 6.10 Å². The van der Waals surface area contributed by atoms with Crippen LogP contribution in [0.3, 0.4) is 0 Å². The fraction of sp³-hybridized carbons (Fsp3) is 0.438. The number of anilines is 1. The van der Waals surface area contributed by atoms with Crippen molar-refractivity contribution in [3.63, 3.8) is 0 Å². The van der Waals surface area contributed by atoms with Gasteiger partial charge in [-0.1, -0.05) is 0 Å². The van der Waals surface area contributed by atoms with Crippen molar-refractivity contribution in [1.82, 2.24) is 15.6 Å². The summed E-state index contributed by atoms with van der Waals surface area (Å²) in [7, 11) is 0. The molecule has 1 fully saturated rings. The fourth-order valence-corrected chi connectivity index (χ4v) is 4.30. The summed E-state index contributed by atoms with van der Waals surface area (Å²) in [6.45, 7) is 5.81. The third-order valence-corrected chi connectivity index (χ3v) is 5.63. The number of hydrogen-bond acceptors (Lipinski definition) is 7. The van der Waals surface area contributed by atoms with Crippen molar-refractivity contribution in [2.75, 3.05) is 25.0 Å². The van der Waals surface area contributed by atoms with Gasteiger partial charge in [0.05, 0.1) is 23.7 Å². The van der Waals surface area contributed by atoms with E-state index in [1.165, 1.54) is 18.3 Å². The van der Waals surface area contributed by atoms with Crippen LogP contribution in [0.5, 0.6) is 0 Å². The highest BCUT2D eigenvalue weighted by Crippen LogP contribution is 2.34. The average Bonchev–Trinajstić information content (AvgIpc) is 3.20. The zero-order chi connectivity index (χ0) is 17.8. The number of nitrogens with zero attached hydrogens (tertiary/aromatic N) is 1. The fourth-order valence-electron chi connectivity index (χ4n) is 2.41. The Morgan fingerprint density at radius 2 is 2.19 bits per heavy atom. The minimum absolute atomic E-state index is 0. The van der Waals surface area contributed by atoms with E-state index in [-0.39, 0.29) is 24.2 Å². The Morgan fingerprint density at radius 3 is 2.88 bits per heavy atom. The van der Waals surface area contributed by atoms with E-state index in [2.05, 4.69) is 20.9 Å². The van der Waals surface area contributed by atoms with Crippen molar-refractivity contribution in [3.8, 4) is 10.6 Å². The van der Waals surface area contributed by atoms with Crippen molar-refractivity contribution in [2.45, 2.75) is 26.5 Å². The first-order valence-electron chi connectivity index (χ1n) is 7.97. The molecule has 7 nitrogen and oxygen atoms in total. The molecule has 26 heavy (non-hydrogen) atoms. The van der Waals surface area contributed by atoms with E-state index in [9.17, 15) is 9.59 Å². The van der Waals surface area contributed by atoms with Crippen LogP contribution in [-0.4, -0.2) is 42.6 Å². The monoisotopic (exact) mass is 416 g/mol. The number of ether oxygens (including phenoxy) is 1. The minimum atomic E-state index is -0.479. The minimum Gasteiger partial charge on any atom is -0.366 e. The highest BCUT2D eigenvalue weighted by molar-refractivity contribution is 7.18. The molecule has 0 saturated carbocycles. The molecule has 3 rings (SSSR count). The van der Waals surface area contributed by atoms with Crippen LogP contribution in [0, 0.1) is 6.92 Å². The maximum absolute atomic E-state index is 12.2. The van der Waals surface area contributed by atoms with E-state index in [1.807, 2.05) is 19.1 Å². The first-order chi connectivity index (χ1) is 12.0. The Morgan fingerprint density at radius 1 is 1.38 bits per heavy atom. The number of aryl methyl sites for hydroxylation is 1. The Hall–Kier alpha value is -1.52. The molecule has 1 aliphatic rings. The molecule has 0 aromatic carbocycles. The van der Waals surface area contributed by atoms with Gasteiger partial charge in [0.2, 0.25) is 5.91 Å². The maximum atomic E-state index is 12.2. The molecule has 0 unspecified atom stereocenters. The molecule has 0 radical (unpaired) electrons. The third kappa shape index (κ3) is 5.24. The number of carbonyl (C=O) groups excluding carboxylic acids is 2. The van der Waals surface area contributed by atoms with Crippen LogP contribution in [0.2, 0.25) is 0 Å². The number of halogens is 1. The molecule has 142 valence electrons. The first-order valence-corrected chi connectivity index (χ1v) is 9.60. The summed E-state index contributed by atoms with van der Waals surface area (Å²) >= 11 is 3.03. The lowest BCUT2D eigenvalue weighted by molar-refractivity contribution is -0.128. The molecule has 2 amide bonds. The Labute approximate surface area is 166 Å². The van der Waals surface area contributed by atoms with Crippen LogP contribution in [0.1, 0.15) is 16.7 Å². The molecular formula is C16H21ClN4O3S2. The predicted octanol–water partition coefficient (Wildman–Crippen LogP) is 2.16. The van der Waals surface area contributed by atoms with Crippen LogP contribution < -0.4 is 16.0 Å². The quantitative estimate of drug-likeness (QED) is 0.694.